The first kappa shape index (κ1) is 14.2. The van der Waals surface area contributed by atoms with Gasteiger partial charge in [0.15, 0.2) is 0 Å². The van der Waals surface area contributed by atoms with E-state index in [-0.39, 0.29) is 22.3 Å². The third kappa shape index (κ3) is 3.21. The summed E-state index contributed by atoms with van der Waals surface area (Å²) in [6, 6.07) is 5.50. The Morgan fingerprint density at radius 2 is 2.05 bits per heavy atom. The standard InChI is InChI=1S/C13H9ClF2N2O2/c1-20-12-5-7(4-11(14)18-12)13(19)17-10-3-2-8(15)6-9(10)16/h2-6H,1H3,(H,17,19). The van der Waals surface area contributed by atoms with Crippen molar-refractivity contribution in [1.29, 1.82) is 0 Å². The maximum atomic E-state index is 13.4. The molecule has 0 saturated carbocycles. The van der Waals surface area contributed by atoms with E-state index in [1.54, 1.807) is 0 Å². The van der Waals surface area contributed by atoms with Crippen LogP contribution in [0, 0.1) is 11.6 Å². The highest BCUT2D eigenvalue weighted by Gasteiger charge is 2.12. The van der Waals surface area contributed by atoms with Gasteiger partial charge >= 0.3 is 0 Å². The normalized spacial score (nSPS) is 10.2. The van der Waals surface area contributed by atoms with E-state index in [1.807, 2.05) is 0 Å². The number of benzene rings is 1. The number of pyridine rings is 1. The van der Waals surface area contributed by atoms with Crippen molar-refractivity contribution in [3.8, 4) is 5.88 Å². The molecule has 0 atom stereocenters. The summed E-state index contributed by atoms with van der Waals surface area (Å²) in [6.07, 6.45) is 0. The van der Waals surface area contributed by atoms with Crippen LogP contribution < -0.4 is 10.1 Å². The number of rotatable bonds is 3. The molecule has 1 amide bonds. The second-order valence-corrected chi connectivity index (χ2v) is 4.19. The third-order valence-corrected chi connectivity index (χ3v) is 2.61. The maximum absolute atomic E-state index is 13.4. The summed E-state index contributed by atoms with van der Waals surface area (Å²) in [5, 5.41) is 2.37. The van der Waals surface area contributed by atoms with Gasteiger partial charge in [0.1, 0.15) is 16.8 Å². The van der Waals surface area contributed by atoms with Gasteiger partial charge in [-0.2, -0.15) is 0 Å². The molecule has 2 aromatic rings. The van der Waals surface area contributed by atoms with Gasteiger partial charge in [0, 0.05) is 17.7 Å². The molecular formula is C13H9ClF2N2O2. The van der Waals surface area contributed by atoms with Crippen LogP contribution in [0.4, 0.5) is 14.5 Å². The monoisotopic (exact) mass is 298 g/mol. The fourth-order valence-electron chi connectivity index (χ4n) is 1.49. The summed E-state index contributed by atoms with van der Waals surface area (Å²) in [5.74, 6) is -2.06. The lowest BCUT2D eigenvalue weighted by Crippen LogP contribution is -2.13. The molecule has 0 aliphatic rings. The molecule has 7 heteroatoms. The van der Waals surface area contributed by atoms with Crippen molar-refractivity contribution in [2.24, 2.45) is 0 Å². The van der Waals surface area contributed by atoms with Crippen LogP contribution in [0.1, 0.15) is 10.4 Å². The molecule has 0 fully saturated rings. The topological polar surface area (TPSA) is 51.2 Å². The molecule has 0 saturated heterocycles. The number of halogens is 3. The van der Waals surface area contributed by atoms with Crippen LogP contribution in [0.25, 0.3) is 0 Å². The summed E-state index contributed by atoms with van der Waals surface area (Å²) in [7, 11) is 1.37. The number of aromatic nitrogens is 1. The first-order valence-corrected chi connectivity index (χ1v) is 5.85. The number of hydrogen-bond donors (Lipinski definition) is 1. The first-order chi connectivity index (χ1) is 9.49. The average molecular weight is 299 g/mol. The second-order valence-electron chi connectivity index (χ2n) is 3.80. The second kappa shape index (κ2) is 5.83. The van der Waals surface area contributed by atoms with Crippen molar-refractivity contribution in [2.75, 3.05) is 12.4 Å². The van der Waals surface area contributed by atoms with Crippen molar-refractivity contribution in [2.45, 2.75) is 0 Å². The molecule has 0 radical (unpaired) electrons. The van der Waals surface area contributed by atoms with E-state index in [2.05, 4.69) is 10.3 Å². The Hall–Kier alpha value is -2.21. The third-order valence-electron chi connectivity index (χ3n) is 2.42. The predicted octanol–water partition coefficient (Wildman–Crippen LogP) is 3.27. The number of anilines is 1. The minimum absolute atomic E-state index is 0.0640. The molecule has 1 aromatic heterocycles. The van der Waals surface area contributed by atoms with Gasteiger partial charge in [-0.1, -0.05) is 11.6 Å². The molecule has 0 unspecified atom stereocenters. The van der Waals surface area contributed by atoms with Gasteiger partial charge in [0.25, 0.3) is 5.91 Å². The molecule has 104 valence electrons. The van der Waals surface area contributed by atoms with E-state index in [0.717, 1.165) is 12.1 Å². The molecule has 20 heavy (non-hydrogen) atoms. The lowest BCUT2D eigenvalue weighted by molar-refractivity contribution is 0.102. The fraction of sp³-hybridized carbons (Fsp3) is 0.0769. The van der Waals surface area contributed by atoms with Crippen LogP contribution in [0.2, 0.25) is 5.15 Å². The summed E-state index contributed by atoms with van der Waals surface area (Å²) in [4.78, 5) is 15.8. The summed E-state index contributed by atoms with van der Waals surface area (Å²) in [5.41, 5.74) is 0.00822. The summed E-state index contributed by atoms with van der Waals surface area (Å²) in [6.45, 7) is 0. The lowest BCUT2D eigenvalue weighted by Gasteiger charge is -2.08. The van der Waals surface area contributed by atoms with Crippen LogP contribution in [0.5, 0.6) is 5.88 Å². The van der Waals surface area contributed by atoms with Gasteiger partial charge in [0.05, 0.1) is 12.8 Å². The quantitative estimate of drug-likeness (QED) is 0.885. The smallest absolute Gasteiger partial charge is 0.256 e. The molecule has 0 bridgehead atoms. The van der Waals surface area contributed by atoms with Crippen LogP contribution in [-0.2, 0) is 0 Å². The van der Waals surface area contributed by atoms with Crippen LogP contribution in [-0.4, -0.2) is 18.0 Å². The van der Waals surface area contributed by atoms with Crippen LogP contribution in [0.15, 0.2) is 30.3 Å². The Kier molecular flexibility index (Phi) is 4.14. The largest absolute Gasteiger partial charge is 0.481 e. The van der Waals surface area contributed by atoms with Gasteiger partial charge in [-0.3, -0.25) is 4.79 Å². The Morgan fingerprint density at radius 1 is 1.30 bits per heavy atom. The van der Waals surface area contributed by atoms with E-state index in [0.29, 0.717) is 6.07 Å². The van der Waals surface area contributed by atoms with E-state index in [1.165, 1.54) is 19.2 Å². The molecule has 4 nitrogen and oxygen atoms in total. The Labute approximate surface area is 118 Å². The van der Waals surface area contributed by atoms with E-state index in [4.69, 9.17) is 16.3 Å². The number of methoxy groups -OCH3 is 1. The zero-order valence-corrected chi connectivity index (χ0v) is 11.0. The molecular weight excluding hydrogens is 290 g/mol. The highest BCUT2D eigenvalue weighted by molar-refractivity contribution is 6.30. The van der Waals surface area contributed by atoms with Gasteiger partial charge < -0.3 is 10.1 Å². The van der Waals surface area contributed by atoms with Crippen molar-refractivity contribution in [3.05, 3.63) is 52.7 Å². The highest BCUT2D eigenvalue weighted by atomic mass is 35.5. The molecule has 0 spiro atoms. The van der Waals surface area contributed by atoms with E-state index < -0.39 is 17.5 Å². The molecule has 2 rings (SSSR count). The zero-order valence-electron chi connectivity index (χ0n) is 10.3. The molecule has 1 heterocycles. The molecule has 0 aliphatic heterocycles. The fourth-order valence-corrected chi connectivity index (χ4v) is 1.69. The molecule has 0 aliphatic carbocycles. The lowest BCUT2D eigenvalue weighted by atomic mass is 10.2. The van der Waals surface area contributed by atoms with Crippen LogP contribution >= 0.6 is 11.6 Å². The number of carbonyl (C=O) groups excluding carboxylic acids is 1. The summed E-state index contributed by atoms with van der Waals surface area (Å²) >= 11 is 5.73. The minimum atomic E-state index is -0.870. The predicted molar refractivity (Wildman–Crippen MR) is 70.1 cm³/mol. The average Bonchev–Trinajstić information content (AvgIpc) is 2.41. The minimum Gasteiger partial charge on any atom is -0.481 e. The number of amides is 1. The summed E-state index contributed by atoms with van der Waals surface area (Å²) < 4.78 is 31.1. The first-order valence-electron chi connectivity index (χ1n) is 5.47. The number of ether oxygens (including phenoxy) is 1. The SMILES string of the molecule is COc1cc(C(=O)Nc2ccc(F)cc2F)cc(Cl)n1. The molecule has 1 N–H and O–H groups in total. The Balaban J connectivity index is 2.26. The van der Waals surface area contributed by atoms with Gasteiger partial charge in [-0.25, -0.2) is 13.8 Å². The number of nitrogens with zero attached hydrogens (tertiary/aromatic N) is 1. The van der Waals surface area contributed by atoms with Gasteiger partial charge in [-0.15, -0.1) is 0 Å². The number of hydrogen-bond acceptors (Lipinski definition) is 3. The Bertz CT molecular complexity index is 665. The van der Waals surface area contributed by atoms with E-state index >= 15 is 0 Å². The Morgan fingerprint density at radius 3 is 2.70 bits per heavy atom. The zero-order chi connectivity index (χ0) is 14.7. The van der Waals surface area contributed by atoms with E-state index in [9.17, 15) is 13.6 Å². The van der Waals surface area contributed by atoms with Crippen molar-refractivity contribution in [1.82, 2.24) is 4.98 Å². The van der Waals surface area contributed by atoms with Crippen molar-refractivity contribution in [3.63, 3.8) is 0 Å². The van der Waals surface area contributed by atoms with Crippen molar-refractivity contribution >= 4 is 23.2 Å². The maximum Gasteiger partial charge on any atom is 0.256 e. The number of nitrogens with one attached hydrogen (secondary N) is 1. The van der Waals surface area contributed by atoms with Gasteiger partial charge in [-0.05, 0) is 18.2 Å². The van der Waals surface area contributed by atoms with Crippen LogP contribution in [0.3, 0.4) is 0 Å². The highest BCUT2D eigenvalue weighted by Crippen LogP contribution is 2.19. The van der Waals surface area contributed by atoms with Crippen molar-refractivity contribution < 1.29 is 18.3 Å². The molecule has 1 aromatic carbocycles. The van der Waals surface area contributed by atoms with Gasteiger partial charge in [0.2, 0.25) is 5.88 Å². The number of carbonyl (C=O) groups is 1.